The Hall–Kier alpha value is -1.29. The lowest BCUT2D eigenvalue weighted by Gasteiger charge is -2.09. The Labute approximate surface area is 85.1 Å². The molecule has 1 atom stereocenters. The molecule has 3 nitrogen and oxygen atoms in total. The minimum absolute atomic E-state index is 0.0205. The molecule has 1 aromatic rings. The number of carbonyl (C=O) groups is 1. The number of aliphatic carboxylic acids is 1. The average Bonchev–Trinajstić information content (AvgIpc) is 2.09. The molecule has 0 saturated heterocycles. The number of ether oxygens (including phenoxy) is 1. The molecule has 0 fully saturated rings. The molecule has 0 spiro atoms. The second-order valence-corrected chi connectivity index (χ2v) is 3.11. The smallest absolute Gasteiger partial charge is 0.378 e. The van der Waals surface area contributed by atoms with Gasteiger partial charge in [0.2, 0.25) is 0 Å². The van der Waals surface area contributed by atoms with Crippen LogP contribution in [0.3, 0.4) is 0 Å². The summed E-state index contributed by atoms with van der Waals surface area (Å²) < 4.78 is 17.1. The summed E-state index contributed by atoms with van der Waals surface area (Å²) >= 11 is 5.69. The molecule has 5 heteroatoms. The Morgan fingerprint density at radius 3 is 2.79 bits per heavy atom. The second-order valence-electron chi connectivity index (χ2n) is 2.71. The summed E-state index contributed by atoms with van der Waals surface area (Å²) in [6.45, 7) is 1.81. The lowest BCUT2D eigenvalue weighted by atomic mass is 10.2. The number of carboxylic acids is 1. The van der Waals surface area contributed by atoms with Crippen molar-refractivity contribution in [2.75, 3.05) is 0 Å². The molecule has 1 aromatic carbocycles. The SMILES string of the molecule is Cc1ccc(OC(F)C(=O)O)c(Cl)c1. The Morgan fingerprint density at radius 2 is 2.29 bits per heavy atom. The van der Waals surface area contributed by atoms with Crippen LogP contribution in [-0.2, 0) is 4.79 Å². The predicted octanol–water partition coefficient (Wildman–Crippen LogP) is 2.41. The van der Waals surface area contributed by atoms with Gasteiger partial charge >= 0.3 is 12.3 Å². The van der Waals surface area contributed by atoms with Gasteiger partial charge in [-0.15, -0.1) is 0 Å². The second kappa shape index (κ2) is 4.28. The van der Waals surface area contributed by atoms with Gasteiger partial charge in [0.05, 0.1) is 5.02 Å². The molecular formula is C9H8ClFO3. The van der Waals surface area contributed by atoms with Crippen molar-refractivity contribution in [1.29, 1.82) is 0 Å². The van der Waals surface area contributed by atoms with Crippen molar-refractivity contribution in [3.8, 4) is 5.75 Å². The highest BCUT2D eigenvalue weighted by Crippen LogP contribution is 2.26. The normalized spacial score (nSPS) is 12.2. The van der Waals surface area contributed by atoms with Gasteiger partial charge in [0, 0.05) is 0 Å². The minimum Gasteiger partial charge on any atom is -0.476 e. The zero-order valence-electron chi connectivity index (χ0n) is 7.33. The van der Waals surface area contributed by atoms with Gasteiger partial charge in [-0.05, 0) is 24.6 Å². The first-order valence-electron chi connectivity index (χ1n) is 3.80. The van der Waals surface area contributed by atoms with Gasteiger partial charge in [0.25, 0.3) is 0 Å². The van der Waals surface area contributed by atoms with Gasteiger partial charge in [0.15, 0.2) is 0 Å². The number of halogens is 2. The molecule has 0 bridgehead atoms. The van der Waals surface area contributed by atoms with Crippen LogP contribution in [0.4, 0.5) is 4.39 Å². The van der Waals surface area contributed by atoms with Gasteiger partial charge in [-0.3, -0.25) is 0 Å². The van der Waals surface area contributed by atoms with Crippen molar-refractivity contribution in [1.82, 2.24) is 0 Å². The highest BCUT2D eigenvalue weighted by atomic mass is 35.5. The fourth-order valence-corrected chi connectivity index (χ4v) is 1.14. The number of rotatable bonds is 3. The summed E-state index contributed by atoms with van der Waals surface area (Å²) in [7, 11) is 0. The molecule has 0 aliphatic rings. The standard InChI is InChI=1S/C9H8ClFO3/c1-5-2-3-7(6(10)4-5)14-8(11)9(12)13/h2-4,8H,1H3,(H,12,13). The van der Waals surface area contributed by atoms with Crippen LogP contribution in [0.1, 0.15) is 5.56 Å². The molecule has 1 rings (SSSR count). The molecule has 0 aromatic heterocycles. The van der Waals surface area contributed by atoms with E-state index >= 15 is 0 Å². The fourth-order valence-electron chi connectivity index (χ4n) is 0.863. The molecule has 1 N–H and O–H groups in total. The highest BCUT2D eigenvalue weighted by Gasteiger charge is 2.18. The summed E-state index contributed by atoms with van der Waals surface area (Å²) in [6, 6.07) is 4.63. The van der Waals surface area contributed by atoms with Crippen LogP contribution in [0.15, 0.2) is 18.2 Å². The number of carboxylic acid groups (broad SMARTS) is 1. The van der Waals surface area contributed by atoms with Crippen LogP contribution < -0.4 is 4.74 Å². The predicted molar refractivity (Wildman–Crippen MR) is 49.3 cm³/mol. The summed E-state index contributed by atoms with van der Waals surface area (Å²) in [4.78, 5) is 10.1. The maximum Gasteiger partial charge on any atom is 0.378 e. The molecule has 0 amide bonds. The molecule has 76 valence electrons. The van der Waals surface area contributed by atoms with E-state index in [0.29, 0.717) is 0 Å². The first kappa shape index (κ1) is 10.8. The van der Waals surface area contributed by atoms with E-state index in [2.05, 4.69) is 4.74 Å². The first-order valence-corrected chi connectivity index (χ1v) is 4.18. The van der Waals surface area contributed by atoms with Crippen molar-refractivity contribution in [2.24, 2.45) is 0 Å². The van der Waals surface area contributed by atoms with Gasteiger partial charge < -0.3 is 9.84 Å². The molecule has 1 unspecified atom stereocenters. The van der Waals surface area contributed by atoms with E-state index in [-0.39, 0.29) is 10.8 Å². The van der Waals surface area contributed by atoms with Crippen LogP contribution in [0.5, 0.6) is 5.75 Å². The summed E-state index contributed by atoms with van der Waals surface area (Å²) in [5.74, 6) is -1.66. The topological polar surface area (TPSA) is 46.5 Å². The monoisotopic (exact) mass is 218 g/mol. The van der Waals surface area contributed by atoms with Crippen molar-refractivity contribution < 1.29 is 19.0 Å². The number of aryl methyl sites for hydroxylation is 1. The molecule has 14 heavy (non-hydrogen) atoms. The van der Waals surface area contributed by atoms with E-state index in [1.807, 2.05) is 0 Å². The average molecular weight is 219 g/mol. The first-order chi connectivity index (χ1) is 6.50. The number of hydrogen-bond donors (Lipinski definition) is 1. The third-order valence-corrected chi connectivity index (χ3v) is 1.81. The quantitative estimate of drug-likeness (QED) is 0.848. The number of alkyl halides is 1. The van der Waals surface area contributed by atoms with Crippen molar-refractivity contribution in [2.45, 2.75) is 13.3 Å². The molecule has 0 aliphatic carbocycles. The molecule has 0 aliphatic heterocycles. The van der Waals surface area contributed by atoms with E-state index in [1.165, 1.54) is 6.07 Å². The van der Waals surface area contributed by atoms with Crippen molar-refractivity contribution >= 4 is 17.6 Å². The molecule has 0 heterocycles. The van der Waals surface area contributed by atoms with Crippen LogP contribution in [0.25, 0.3) is 0 Å². The fraction of sp³-hybridized carbons (Fsp3) is 0.222. The van der Waals surface area contributed by atoms with Gasteiger partial charge in [-0.25, -0.2) is 4.79 Å². The van der Waals surface area contributed by atoms with E-state index < -0.39 is 12.3 Å². The lowest BCUT2D eigenvalue weighted by molar-refractivity contribution is -0.153. The van der Waals surface area contributed by atoms with E-state index in [9.17, 15) is 9.18 Å². The highest BCUT2D eigenvalue weighted by molar-refractivity contribution is 6.32. The van der Waals surface area contributed by atoms with Gasteiger partial charge in [-0.1, -0.05) is 17.7 Å². The third-order valence-electron chi connectivity index (χ3n) is 1.51. The van der Waals surface area contributed by atoms with E-state index in [1.54, 1.807) is 19.1 Å². The Kier molecular flexibility index (Phi) is 3.30. The molecule has 0 saturated carbocycles. The lowest BCUT2D eigenvalue weighted by Crippen LogP contribution is -2.21. The molecule has 0 radical (unpaired) electrons. The molecular weight excluding hydrogens is 211 g/mol. The Bertz CT molecular complexity index is 354. The van der Waals surface area contributed by atoms with E-state index in [4.69, 9.17) is 16.7 Å². The zero-order valence-corrected chi connectivity index (χ0v) is 8.08. The van der Waals surface area contributed by atoms with Gasteiger partial charge in [-0.2, -0.15) is 4.39 Å². The van der Waals surface area contributed by atoms with E-state index in [0.717, 1.165) is 5.56 Å². The summed E-state index contributed by atoms with van der Waals surface area (Å²) in [6.07, 6.45) is -2.39. The van der Waals surface area contributed by atoms with Crippen LogP contribution in [0, 0.1) is 6.92 Å². The Balaban J connectivity index is 2.82. The number of benzene rings is 1. The van der Waals surface area contributed by atoms with Crippen LogP contribution in [-0.4, -0.2) is 17.4 Å². The summed E-state index contributed by atoms with van der Waals surface area (Å²) in [5.41, 5.74) is 0.882. The van der Waals surface area contributed by atoms with Crippen molar-refractivity contribution in [3.63, 3.8) is 0 Å². The number of hydrogen-bond acceptors (Lipinski definition) is 2. The zero-order chi connectivity index (χ0) is 10.7. The van der Waals surface area contributed by atoms with Crippen LogP contribution >= 0.6 is 11.6 Å². The largest absolute Gasteiger partial charge is 0.476 e. The summed E-state index contributed by atoms with van der Waals surface area (Å²) in [5, 5.41) is 8.43. The Morgan fingerprint density at radius 1 is 1.64 bits per heavy atom. The minimum atomic E-state index is -2.39. The maximum atomic E-state index is 12.6. The van der Waals surface area contributed by atoms with Crippen molar-refractivity contribution in [3.05, 3.63) is 28.8 Å². The van der Waals surface area contributed by atoms with Crippen LogP contribution in [0.2, 0.25) is 5.02 Å². The maximum absolute atomic E-state index is 12.6. The third kappa shape index (κ3) is 2.60. The van der Waals surface area contributed by atoms with Gasteiger partial charge in [0.1, 0.15) is 5.75 Å².